The summed E-state index contributed by atoms with van der Waals surface area (Å²) in [6, 6.07) is 5.48. The van der Waals surface area contributed by atoms with E-state index in [9.17, 15) is 4.79 Å². The summed E-state index contributed by atoms with van der Waals surface area (Å²) in [4.78, 5) is 11.2. The Morgan fingerprint density at radius 1 is 1.50 bits per heavy atom. The summed E-state index contributed by atoms with van der Waals surface area (Å²) < 4.78 is 0. The van der Waals surface area contributed by atoms with Gasteiger partial charge in [0.1, 0.15) is 0 Å². The van der Waals surface area contributed by atoms with Crippen LogP contribution in [0.1, 0.15) is 11.1 Å². The molecule has 14 heavy (non-hydrogen) atoms. The second-order valence-corrected chi connectivity index (χ2v) is 3.40. The summed E-state index contributed by atoms with van der Waals surface area (Å²) in [7, 11) is 0. The smallest absolute Gasteiger partial charge is 0.241 e. The highest BCUT2D eigenvalue weighted by molar-refractivity contribution is 5.98. The van der Waals surface area contributed by atoms with Crippen LogP contribution >= 0.6 is 12.4 Å². The Kier molecular flexibility index (Phi) is 3.13. The summed E-state index contributed by atoms with van der Waals surface area (Å²) in [5, 5.41) is 2.79. The molecule has 3 nitrogen and oxygen atoms in total. The van der Waals surface area contributed by atoms with Crippen LogP contribution in [0.5, 0.6) is 0 Å². The van der Waals surface area contributed by atoms with Crippen LogP contribution in [-0.4, -0.2) is 11.9 Å². The van der Waals surface area contributed by atoms with Crippen molar-refractivity contribution in [3.8, 4) is 0 Å². The molecule has 1 aromatic rings. The number of amides is 1. The van der Waals surface area contributed by atoms with Gasteiger partial charge in [0, 0.05) is 5.69 Å². The molecule has 0 saturated carbocycles. The van der Waals surface area contributed by atoms with Gasteiger partial charge in [0.05, 0.1) is 6.04 Å². The number of carbonyl (C=O) groups is 1. The van der Waals surface area contributed by atoms with Gasteiger partial charge < -0.3 is 11.1 Å². The maximum Gasteiger partial charge on any atom is 0.241 e. The zero-order valence-electron chi connectivity index (χ0n) is 7.91. The van der Waals surface area contributed by atoms with E-state index in [4.69, 9.17) is 5.73 Å². The molecular weight excluding hydrogens is 200 g/mol. The van der Waals surface area contributed by atoms with Crippen LogP contribution in [0.2, 0.25) is 0 Å². The minimum absolute atomic E-state index is 0. The third-order valence-corrected chi connectivity index (χ3v) is 2.43. The van der Waals surface area contributed by atoms with Crippen molar-refractivity contribution in [2.45, 2.75) is 19.4 Å². The second-order valence-electron chi connectivity index (χ2n) is 3.40. The fourth-order valence-electron chi connectivity index (χ4n) is 1.63. The van der Waals surface area contributed by atoms with Crippen molar-refractivity contribution in [2.75, 3.05) is 5.32 Å². The SMILES string of the molecule is Cc1cccc2c1CC(N)C(=O)N2.Cl. The van der Waals surface area contributed by atoms with Crippen molar-refractivity contribution < 1.29 is 4.79 Å². The molecule has 1 heterocycles. The van der Waals surface area contributed by atoms with Gasteiger partial charge in [-0.2, -0.15) is 0 Å². The monoisotopic (exact) mass is 212 g/mol. The Labute approximate surface area is 89.1 Å². The Morgan fingerprint density at radius 2 is 2.21 bits per heavy atom. The van der Waals surface area contributed by atoms with Gasteiger partial charge in [0.25, 0.3) is 0 Å². The highest BCUT2D eigenvalue weighted by Gasteiger charge is 2.23. The fourth-order valence-corrected chi connectivity index (χ4v) is 1.63. The average Bonchev–Trinajstić information content (AvgIpc) is 2.09. The molecule has 1 aliphatic heterocycles. The third-order valence-electron chi connectivity index (χ3n) is 2.43. The first-order valence-corrected chi connectivity index (χ1v) is 4.33. The van der Waals surface area contributed by atoms with Crippen LogP contribution in [0.4, 0.5) is 5.69 Å². The van der Waals surface area contributed by atoms with E-state index in [-0.39, 0.29) is 18.3 Å². The number of aryl methyl sites for hydroxylation is 1. The van der Waals surface area contributed by atoms with Crippen LogP contribution in [0.25, 0.3) is 0 Å². The number of carbonyl (C=O) groups excluding carboxylic acids is 1. The summed E-state index contributed by atoms with van der Waals surface area (Å²) >= 11 is 0. The second kappa shape index (κ2) is 3.98. The first kappa shape index (κ1) is 11.0. The minimum atomic E-state index is -0.395. The molecule has 0 spiro atoms. The lowest BCUT2D eigenvalue weighted by atomic mass is 9.95. The van der Waals surface area contributed by atoms with Crippen LogP contribution in [0.3, 0.4) is 0 Å². The van der Waals surface area contributed by atoms with E-state index in [2.05, 4.69) is 5.32 Å². The predicted octanol–water partition coefficient (Wildman–Crippen LogP) is 1.24. The Balaban J connectivity index is 0.000000980. The number of fused-ring (bicyclic) bond motifs is 1. The Morgan fingerprint density at radius 3 is 2.93 bits per heavy atom. The van der Waals surface area contributed by atoms with Crippen molar-refractivity contribution in [3.63, 3.8) is 0 Å². The quantitative estimate of drug-likeness (QED) is 0.680. The number of nitrogens with one attached hydrogen (secondary N) is 1. The Bertz CT molecular complexity index is 365. The van der Waals surface area contributed by atoms with Gasteiger partial charge in [-0.05, 0) is 30.5 Å². The molecule has 1 aromatic carbocycles. The maximum atomic E-state index is 11.2. The molecule has 0 fully saturated rings. The lowest BCUT2D eigenvalue weighted by molar-refractivity contribution is -0.117. The molecule has 0 saturated heterocycles. The molecule has 2 rings (SSSR count). The number of halogens is 1. The standard InChI is InChI=1S/C10H12N2O.ClH/c1-6-3-2-4-9-7(6)5-8(11)10(13)12-9;/h2-4,8H,5,11H2,1H3,(H,12,13);1H. The predicted molar refractivity (Wildman–Crippen MR) is 58.7 cm³/mol. The van der Waals surface area contributed by atoms with E-state index in [1.165, 1.54) is 5.56 Å². The van der Waals surface area contributed by atoms with Gasteiger partial charge >= 0.3 is 0 Å². The fraction of sp³-hybridized carbons (Fsp3) is 0.300. The molecule has 0 aliphatic carbocycles. The van der Waals surface area contributed by atoms with E-state index in [0.717, 1.165) is 11.3 Å². The molecular formula is C10H13ClN2O. The van der Waals surface area contributed by atoms with Gasteiger partial charge in [0.2, 0.25) is 5.91 Å². The number of benzene rings is 1. The van der Waals surface area contributed by atoms with E-state index in [1.54, 1.807) is 0 Å². The molecule has 0 aromatic heterocycles. The van der Waals surface area contributed by atoms with Gasteiger partial charge in [-0.15, -0.1) is 12.4 Å². The minimum Gasteiger partial charge on any atom is -0.324 e. The van der Waals surface area contributed by atoms with Crippen LogP contribution in [0, 0.1) is 6.92 Å². The zero-order valence-corrected chi connectivity index (χ0v) is 8.73. The van der Waals surface area contributed by atoms with Gasteiger partial charge in [-0.25, -0.2) is 0 Å². The number of anilines is 1. The Hall–Kier alpha value is -1.06. The molecule has 1 unspecified atom stereocenters. The van der Waals surface area contributed by atoms with Gasteiger partial charge in [0.15, 0.2) is 0 Å². The lowest BCUT2D eigenvalue weighted by Gasteiger charge is -2.23. The zero-order chi connectivity index (χ0) is 9.42. The van der Waals surface area contributed by atoms with Crippen LogP contribution in [-0.2, 0) is 11.2 Å². The van der Waals surface area contributed by atoms with E-state index in [0.29, 0.717) is 6.42 Å². The third kappa shape index (κ3) is 1.74. The maximum absolute atomic E-state index is 11.2. The average molecular weight is 213 g/mol. The van der Waals surface area contributed by atoms with Gasteiger partial charge in [-0.1, -0.05) is 12.1 Å². The van der Waals surface area contributed by atoms with Crippen LogP contribution in [0.15, 0.2) is 18.2 Å². The first-order valence-electron chi connectivity index (χ1n) is 4.33. The number of hydrogen-bond donors (Lipinski definition) is 2. The van der Waals surface area contributed by atoms with Crippen molar-refractivity contribution >= 4 is 24.0 Å². The summed E-state index contributed by atoms with van der Waals surface area (Å²) in [5.74, 6) is -0.0851. The lowest BCUT2D eigenvalue weighted by Crippen LogP contribution is -2.41. The summed E-state index contributed by atoms with van der Waals surface area (Å²) in [6.45, 7) is 2.03. The highest BCUT2D eigenvalue weighted by Crippen LogP contribution is 2.24. The van der Waals surface area contributed by atoms with E-state index in [1.807, 2.05) is 25.1 Å². The van der Waals surface area contributed by atoms with E-state index < -0.39 is 6.04 Å². The highest BCUT2D eigenvalue weighted by atomic mass is 35.5. The normalized spacial score (nSPS) is 19.3. The number of nitrogens with two attached hydrogens (primary N) is 1. The van der Waals surface area contributed by atoms with Crippen molar-refractivity contribution in [1.29, 1.82) is 0 Å². The van der Waals surface area contributed by atoms with Gasteiger partial charge in [-0.3, -0.25) is 4.79 Å². The summed E-state index contributed by atoms with van der Waals surface area (Å²) in [5.41, 5.74) is 8.91. The molecule has 1 atom stereocenters. The first-order chi connectivity index (χ1) is 6.18. The number of rotatable bonds is 0. The number of hydrogen-bond acceptors (Lipinski definition) is 2. The molecule has 3 N–H and O–H groups in total. The molecule has 76 valence electrons. The van der Waals surface area contributed by atoms with Crippen molar-refractivity contribution in [2.24, 2.45) is 5.73 Å². The molecule has 1 amide bonds. The summed E-state index contributed by atoms with van der Waals surface area (Å²) in [6.07, 6.45) is 0.647. The molecule has 0 radical (unpaired) electrons. The topological polar surface area (TPSA) is 55.1 Å². The van der Waals surface area contributed by atoms with E-state index >= 15 is 0 Å². The molecule has 4 heteroatoms. The van der Waals surface area contributed by atoms with Crippen molar-refractivity contribution in [3.05, 3.63) is 29.3 Å². The molecule has 0 bridgehead atoms. The molecule has 1 aliphatic rings. The van der Waals surface area contributed by atoms with Crippen molar-refractivity contribution in [1.82, 2.24) is 0 Å². The largest absolute Gasteiger partial charge is 0.324 e. The van der Waals surface area contributed by atoms with Crippen LogP contribution < -0.4 is 11.1 Å².